The number of fused-ring (bicyclic) bond motifs is 1. The number of carbonyl (C=O) groups is 1. The lowest BCUT2D eigenvalue weighted by atomic mass is 9.95. The van der Waals surface area contributed by atoms with Gasteiger partial charge in [0.05, 0.1) is 23.4 Å². The first-order chi connectivity index (χ1) is 13.8. The monoisotopic (exact) mass is 404 g/mol. The van der Waals surface area contributed by atoms with Gasteiger partial charge in [-0.15, -0.1) is 0 Å². The minimum atomic E-state index is -2.92. The average Bonchev–Trinajstić information content (AvgIpc) is 3.02. The van der Waals surface area contributed by atoms with Crippen LogP contribution in [0.1, 0.15) is 18.9 Å². The molecule has 1 aliphatic heterocycles. The predicted molar refractivity (Wildman–Crippen MR) is 99.6 cm³/mol. The number of rotatable bonds is 5. The molecule has 0 radical (unpaired) electrons. The molecule has 1 atom stereocenters. The molecular formula is C20H19F3N4O2. The number of benzene rings is 1. The number of amides is 1. The van der Waals surface area contributed by atoms with Gasteiger partial charge in [0.2, 0.25) is 5.91 Å². The zero-order chi connectivity index (χ0) is 20.7. The Kier molecular flexibility index (Phi) is 4.99. The molecule has 9 heteroatoms. The highest BCUT2D eigenvalue weighted by atomic mass is 19.3. The summed E-state index contributed by atoms with van der Waals surface area (Å²) in [5, 5.41) is 13.7. The van der Waals surface area contributed by atoms with Gasteiger partial charge in [-0.3, -0.25) is 14.5 Å². The Labute approximate surface area is 164 Å². The third-order valence-electron chi connectivity index (χ3n) is 5.29. The fraction of sp³-hybridized carbons (Fsp3) is 0.350. The number of hydrogen-bond donors (Lipinski definition) is 1. The molecule has 0 bridgehead atoms. The molecule has 152 valence electrons. The van der Waals surface area contributed by atoms with Crippen LogP contribution in [0.3, 0.4) is 0 Å². The number of alkyl halides is 2. The highest BCUT2D eigenvalue weighted by Gasteiger charge is 2.33. The second kappa shape index (κ2) is 7.47. The molecule has 3 aromatic rings. The van der Waals surface area contributed by atoms with Crippen LogP contribution in [0.5, 0.6) is 0 Å². The van der Waals surface area contributed by atoms with Gasteiger partial charge in [0.1, 0.15) is 17.9 Å². The van der Waals surface area contributed by atoms with Gasteiger partial charge in [-0.1, -0.05) is 6.07 Å². The van der Waals surface area contributed by atoms with Gasteiger partial charge in [-0.05, 0) is 30.7 Å². The highest BCUT2D eigenvalue weighted by molar-refractivity contribution is 5.83. The smallest absolute Gasteiger partial charge is 0.266 e. The van der Waals surface area contributed by atoms with Crippen molar-refractivity contribution in [1.29, 1.82) is 0 Å². The normalized spacial score (nSPS) is 15.7. The molecule has 6 nitrogen and oxygen atoms in total. The van der Waals surface area contributed by atoms with Gasteiger partial charge >= 0.3 is 0 Å². The van der Waals surface area contributed by atoms with Crippen LogP contribution in [0.4, 0.5) is 13.2 Å². The van der Waals surface area contributed by atoms with E-state index in [1.54, 1.807) is 17.9 Å². The zero-order valence-electron chi connectivity index (χ0n) is 15.6. The quantitative estimate of drug-likeness (QED) is 0.710. The van der Waals surface area contributed by atoms with Gasteiger partial charge in [-0.25, -0.2) is 13.2 Å². The lowest BCUT2D eigenvalue weighted by molar-refractivity contribution is -0.140. The molecule has 3 heterocycles. The van der Waals surface area contributed by atoms with Crippen LogP contribution in [0.15, 0.2) is 36.7 Å². The maximum absolute atomic E-state index is 13.6. The van der Waals surface area contributed by atoms with E-state index in [1.807, 2.05) is 0 Å². The van der Waals surface area contributed by atoms with Crippen molar-refractivity contribution in [3.8, 4) is 11.1 Å². The molecule has 1 N–H and O–H groups in total. The molecule has 1 aliphatic rings. The number of hydrogen-bond acceptors (Lipinski definition) is 4. The van der Waals surface area contributed by atoms with Crippen molar-refractivity contribution in [2.24, 2.45) is 5.92 Å². The summed E-state index contributed by atoms with van der Waals surface area (Å²) >= 11 is 0. The molecular weight excluding hydrogens is 385 g/mol. The third-order valence-corrected chi connectivity index (χ3v) is 5.29. The van der Waals surface area contributed by atoms with Crippen LogP contribution < -0.4 is 0 Å². The van der Waals surface area contributed by atoms with Crippen LogP contribution in [-0.4, -0.2) is 49.9 Å². The summed E-state index contributed by atoms with van der Waals surface area (Å²) in [5.41, 5.74) is 1.38. The van der Waals surface area contributed by atoms with E-state index in [4.69, 9.17) is 0 Å². The maximum Gasteiger partial charge on any atom is 0.266 e. The number of nitrogens with zero attached hydrogens (tertiary/aromatic N) is 4. The highest BCUT2D eigenvalue weighted by Crippen LogP contribution is 2.29. The van der Waals surface area contributed by atoms with E-state index in [0.29, 0.717) is 35.2 Å². The van der Waals surface area contributed by atoms with Gasteiger partial charge < -0.3 is 10.0 Å². The summed E-state index contributed by atoms with van der Waals surface area (Å²) in [4.78, 5) is 18.4. The fourth-order valence-corrected chi connectivity index (χ4v) is 3.38. The van der Waals surface area contributed by atoms with E-state index < -0.39 is 23.9 Å². The summed E-state index contributed by atoms with van der Waals surface area (Å²) in [7, 11) is 0. The van der Waals surface area contributed by atoms with Gasteiger partial charge in [0.15, 0.2) is 0 Å². The second-order valence-corrected chi connectivity index (χ2v) is 7.27. The Hall–Kier alpha value is -2.94. The van der Waals surface area contributed by atoms with E-state index in [1.165, 1.54) is 23.1 Å². The molecule has 1 aromatic carbocycles. The molecule has 0 unspecified atom stereocenters. The second-order valence-electron chi connectivity index (χ2n) is 7.27. The molecule has 1 fully saturated rings. The summed E-state index contributed by atoms with van der Waals surface area (Å²) in [6.45, 7) is 2.72. The Balaban J connectivity index is 1.59. The maximum atomic E-state index is 13.6. The summed E-state index contributed by atoms with van der Waals surface area (Å²) in [5.74, 6) is -0.998. The number of aliphatic hydroxyl groups excluding tert-OH is 1. The van der Waals surface area contributed by atoms with Crippen molar-refractivity contribution in [2.75, 3.05) is 13.1 Å². The lowest BCUT2D eigenvalue weighted by Gasteiger charge is -2.40. The Morgan fingerprint density at radius 3 is 2.69 bits per heavy atom. The fourth-order valence-electron chi connectivity index (χ4n) is 3.38. The summed E-state index contributed by atoms with van der Waals surface area (Å²) < 4.78 is 41.1. The van der Waals surface area contributed by atoms with Crippen LogP contribution in [0.25, 0.3) is 22.2 Å². The number of carbonyl (C=O) groups excluding carboxylic acids is 1. The minimum Gasteiger partial charge on any atom is -0.393 e. The lowest BCUT2D eigenvalue weighted by Crippen LogP contribution is -2.54. The molecule has 29 heavy (non-hydrogen) atoms. The largest absolute Gasteiger partial charge is 0.393 e. The molecule has 1 saturated heterocycles. The molecule has 4 rings (SSSR count). The third kappa shape index (κ3) is 3.69. The van der Waals surface area contributed by atoms with E-state index in [2.05, 4.69) is 10.1 Å². The number of halogens is 3. The van der Waals surface area contributed by atoms with Crippen LogP contribution >= 0.6 is 0 Å². The van der Waals surface area contributed by atoms with E-state index in [0.717, 1.165) is 12.1 Å². The molecule has 2 aromatic heterocycles. The predicted octanol–water partition coefficient (Wildman–Crippen LogP) is 3.01. The van der Waals surface area contributed by atoms with E-state index in [9.17, 15) is 23.1 Å². The van der Waals surface area contributed by atoms with Crippen LogP contribution in [0.2, 0.25) is 0 Å². The van der Waals surface area contributed by atoms with Crippen molar-refractivity contribution in [3.63, 3.8) is 0 Å². The van der Waals surface area contributed by atoms with Gasteiger partial charge in [0.25, 0.3) is 6.43 Å². The van der Waals surface area contributed by atoms with Crippen molar-refractivity contribution in [1.82, 2.24) is 19.7 Å². The molecule has 1 amide bonds. The van der Waals surface area contributed by atoms with Crippen molar-refractivity contribution >= 4 is 16.9 Å². The molecule has 0 saturated carbocycles. The average molecular weight is 404 g/mol. The number of aromatic nitrogens is 3. The minimum absolute atomic E-state index is 0.00681. The van der Waals surface area contributed by atoms with E-state index in [-0.39, 0.29) is 18.4 Å². The first kappa shape index (κ1) is 19.4. The van der Waals surface area contributed by atoms with Gasteiger partial charge in [0, 0.05) is 30.8 Å². The summed E-state index contributed by atoms with van der Waals surface area (Å²) in [6.07, 6.45) is -0.348. The standard InChI is InChI=1S/C20H19F3N4O2/c1-11(28)14-8-26(9-14)19(29)10-27-18-5-13(6-24-17(18)7-25-27)12-2-3-16(21)15(4-12)20(22)23/h2-7,11,14,20,28H,8-10H2,1H3/t11-/m1/s1. The Bertz CT molecular complexity index is 1060. The Morgan fingerprint density at radius 1 is 1.24 bits per heavy atom. The first-order valence-electron chi connectivity index (χ1n) is 9.19. The van der Waals surface area contributed by atoms with Gasteiger partial charge in [-0.2, -0.15) is 5.10 Å². The summed E-state index contributed by atoms with van der Waals surface area (Å²) in [6, 6.07) is 5.21. The van der Waals surface area contributed by atoms with Crippen molar-refractivity contribution < 1.29 is 23.1 Å². The number of pyridine rings is 1. The van der Waals surface area contributed by atoms with Crippen molar-refractivity contribution in [3.05, 3.63) is 48.0 Å². The zero-order valence-corrected chi connectivity index (χ0v) is 15.6. The molecule has 0 aliphatic carbocycles. The van der Waals surface area contributed by atoms with Crippen LogP contribution in [0, 0.1) is 11.7 Å². The van der Waals surface area contributed by atoms with Crippen LogP contribution in [-0.2, 0) is 11.3 Å². The SMILES string of the molecule is C[C@@H](O)C1CN(C(=O)Cn2ncc3ncc(-c4ccc(F)c(C(F)F)c4)cc32)C1. The number of likely N-dealkylation sites (tertiary alicyclic amines) is 1. The number of aliphatic hydroxyl groups is 1. The topological polar surface area (TPSA) is 71.2 Å². The van der Waals surface area contributed by atoms with E-state index >= 15 is 0 Å². The van der Waals surface area contributed by atoms with Crippen molar-refractivity contribution in [2.45, 2.75) is 26.0 Å². The molecule has 0 spiro atoms. The first-order valence-corrected chi connectivity index (χ1v) is 9.19. The Morgan fingerprint density at radius 2 is 2.00 bits per heavy atom.